The minimum absolute atomic E-state index is 0.347. The van der Waals surface area contributed by atoms with E-state index in [1.54, 1.807) is 6.92 Å². The first-order valence-electron chi connectivity index (χ1n) is 17.7. The topological polar surface area (TPSA) is 60.7 Å². The van der Waals surface area contributed by atoms with E-state index in [0.29, 0.717) is 17.7 Å². The van der Waals surface area contributed by atoms with Crippen LogP contribution in [0.4, 0.5) is 17.1 Å². The summed E-state index contributed by atoms with van der Waals surface area (Å²) in [6.07, 6.45) is 1.90. The van der Waals surface area contributed by atoms with Crippen LogP contribution < -0.4 is 4.90 Å². The molecule has 2 heterocycles. The maximum atomic E-state index is 10.3. The number of para-hydroxylation sites is 4. The number of nitriles is 2. The Balaban J connectivity index is 1.34. The van der Waals surface area contributed by atoms with Gasteiger partial charge in [0.2, 0.25) is 0 Å². The fraction of sp³-hybridized carbons (Fsp3) is 0.0417. The van der Waals surface area contributed by atoms with E-state index in [1.807, 2.05) is 18.2 Å². The van der Waals surface area contributed by atoms with Gasteiger partial charge in [0.05, 0.1) is 34.7 Å². The molecule has 0 fully saturated rings. The summed E-state index contributed by atoms with van der Waals surface area (Å²) in [6.45, 7) is 2.16. The highest BCUT2D eigenvalue weighted by Gasteiger charge is 2.21. The second kappa shape index (κ2) is 13.1. The largest absolute Gasteiger partial charge is 0.334 e. The molecule has 250 valence electrons. The summed E-state index contributed by atoms with van der Waals surface area (Å²) >= 11 is 0. The number of nitrogens with zero attached hydrogens (tertiary/aromatic N) is 5. The van der Waals surface area contributed by atoms with Gasteiger partial charge in [0.1, 0.15) is 6.07 Å². The number of aromatic nitrogens is 2. The first-order chi connectivity index (χ1) is 26.1. The molecule has 2 aromatic heterocycles. The third kappa shape index (κ3) is 5.31. The molecule has 0 amide bonds. The maximum Gasteiger partial charge on any atom is 0.100 e. The van der Waals surface area contributed by atoms with Gasteiger partial charge in [0.25, 0.3) is 0 Å². The summed E-state index contributed by atoms with van der Waals surface area (Å²) in [5.41, 5.74) is 9.08. The zero-order chi connectivity index (χ0) is 35.9. The molecule has 0 aliphatic rings. The predicted octanol–water partition coefficient (Wildman–Crippen LogP) is 12.4. The number of hydrogen-bond donors (Lipinski definition) is 0. The third-order valence-electron chi connectivity index (χ3n) is 10.2. The van der Waals surface area contributed by atoms with Gasteiger partial charge in [-0.3, -0.25) is 0 Å². The minimum atomic E-state index is 0.347. The Kier molecular flexibility index (Phi) is 7.81. The monoisotopic (exact) mass is 679 g/mol. The van der Waals surface area contributed by atoms with Crippen LogP contribution in [0.15, 0.2) is 181 Å². The minimum Gasteiger partial charge on any atom is -0.334 e. The van der Waals surface area contributed by atoms with Gasteiger partial charge in [0.15, 0.2) is 0 Å². The fourth-order valence-electron chi connectivity index (χ4n) is 7.79. The van der Waals surface area contributed by atoms with Crippen molar-refractivity contribution in [2.24, 2.45) is 0 Å². The molecule has 0 atom stereocenters. The molecule has 9 rings (SSSR count). The van der Waals surface area contributed by atoms with Crippen molar-refractivity contribution in [3.63, 3.8) is 0 Å². The first-order valence-corrected chi connectivity index (χ1v) is 17.7. The molecule has 9 aromatic rings. The fourth-order valence-corrected chi connectivity index (χ4v) is 7.79. The summed E-state index contributed by atoms with van der Waals surface area (Å²) < 4.78 is 4.62. The molecule has 0 N–H and O–H groups in total. The number of allylic oxidation sites excluding steroid dienone is 4. The summed E-state index contributed by atoms with van der Waals surface area (Å²) in [4.78, 5) is 2.30. The molecule has 53 heavy (non-hydrogen) atoms. The highest BCUT2D eigenvalue weighted by molar-refractivity contribution is 6.21. The summed E-state index contributed by atoms with van der Waals surface area (Å²) in [5.74, 6) is 0. The van der Waals surface area contributed by atoms with Crippen molar-refractivity contribution in [2.45, 2.75) is 13.5 Å². The molecular weight excluding hydrogens is 647 g/mol. The summed E-state index contributed by atoms with van der Waals surface area (Å²) in [5, 5.41) is 27.2. The van der Waals surface area contributed by atoms with Crippen molar-refractivity contribution in [3.05, 3.63) is 181 Å². The van der Waals surface area contributed by atoms with Crippen LogP contribution in [0.25, 0.3) is 60.1 Å². The van der Waals surface area contributed by atoms with Crippen molar-refractivity contribution < 1.29 is 0 Å². The highest BCUT2D eigenvalue weighted by atomic mass is 15.1. The lowest BCUT2D eigenvalue weighted by atomic mass is 10.0. The summed E-state index contributed by atoms with van der Waals surface area (Å²) in [6, 6.07) is 62.0. The third-order valence-corrected chi connectivity index (χ3v) is 10.2. The number of rotatable bonds is 7. The number of fused-ring (bicyclic) bond motifs is 8. The van der Waals surface area contributed by atoms with E-state index in [2.05, 4.69) is 178 Å². The molecule has 0 aliphatic heterocycles. The van der Waals surface area contributed by atoms with Gasteiger partial charge in [0, 0.05) is 55.4 Å². The van der Waals surface area contributed by atoms with E-state index in [0.717, 1.165) is 61.0 Å². The zero-order valence-corrected chi connectivity index (χ0v) is 29.1. The molecule has 7 aromatic carbocycles. The SMILES string of the molecule is C/C(C#N)=C(C#N)\C=C(/Cn1c2ccc(N(c3ccccc3)c3ccccc3)cc2c2c3ccccc3ccc21)n1c2ccccc2c2ccccc21. The molecule has 0 spiro atoms. The molecule has 0 saturated heterocycles. The lowest BCUT2D eigenvalue weighted by molar-refractivity contribution is 0.874. The Morgan fingerprint density at radius 2 is 1.11 bits per heavy atom. The van der Waals surface area contributed by atoms with Crippen LogP contribution in [0.1, 0.15) is 6.92 Å². The van der Waals surface area contributed by atoms with Gasteiger partial charge in [-0.1, -0.05) is 103 Å². The average Bonchev–Trinajstić information content (AvgIpc) is 3.72. The van der Waals surface area contributed by atoms with Crippen molar-refractivity contribution in [1.82, 2.24) is 9.13 Å². The Bertz CT molecular complexity index is 2910. The van der Waals surface area contributed by atoms with Crippen molar-refractivity contribution in [1.29, 1.82) is 10.5 Å². The molecule has 0 radical (unpaired) electrons. The molecular formula is C48H33N5. The van der Waals surface area contributed by atoms with Gasteiger partial charge in [-0.15, -0.1) is 0 Å². The maximum absolute atomic E-state index is 10.3. The van der Waals surface area contributed by atoms with Gasteiger partial charge in [-0.05, 0) is 84.4 Å². The molecule has 5 nitrogen and oxygen atoms in total. The Morgan fingerprint density at radius 3 is 1.74 bits per heavy atom. The van der Waals surface area contributed by atoms with E-state index >= 15 is 0 Å². The molecule has 0 saturated carbocycles. The van der Waals surface area contributed by atoms with E-state index in [1.165, 1.54) is 16.2 Å². The zero-order valence-electron chi connectivity index (χ0n) is 29.1. The quantitative estimate of drug-likeness (QED) is 0.124. The van der Waals surface area contributed by atoms with Crippen LogP contribution in [0, 0.1) is 22.7 Å². The van der Waals surface area contributed by atoms with Crippen molar-refractivity contribution >= 4 is 77.1 Å². The molecule has 0 unspecified atom stereocenters. The standard InChI is InChI=1S/C48H33N5/c1-33(30-49)35(31-50)28-39(53-45-22-12-10-20-41(45)42-21-11-13-23-46(42)53)32-51-44-27-25-38(52(36-15-4-2-5-16-36)37-17-6-3-7-18-37)29-43(44)48-40-19-9-8-14-34(40)24-26-47(48)51/h2-29H,32H2,1H3/b35-33-,39-28+. The van der Waals surface area contributed by atoms with E-state index in [9.17, 15) is 10.5 Å². The highest BCUT2D eigenvalue weighted by Crippen LogP contribution is 2.42. The second-order valence-corrected chi connectivity index (χ2v) is 13.2. The van der Waals surface area contributed by atoms with Crippen LogP contribution in [0.3, 0.4) is 0 Å². The smallest absolute Gasteiger partial charge is 0.100 e. The Morgan fingerprint density at radius 1 is 0.547 bits per heavy atom. The van der Waals surface area contributed by atoms with Crippen LogP contribution in [0.5, 0.6) is 0 Å². The van der Waals surface area contributed by atoms with E-state index < -0.39 is 0 Å². The predicted molar refractivity (Wildman–Crippen MR) is 219 cm³/mol. The average molecular weight is 680 g/mol. The molecule has 0 aliphatic carbocycles. The summed E-state index contributed by atoms with van der Waals surface area (Å²) in [7, 11) is 0. The number of hydrogen-bond acceptors (Lipinski definition) is 3. The van der Waals surface area contributed by atoms with Crippen LogP contribution in [-0.2, 0) is 6.54 Å². The Labute approximate surface area is 307 Å². The molecule has 0 bridgehead atoms. The van der Waals surface area contributed by atoms with Crippen LogP contribution in [0.2, 0.25) is 0 Å². The van der Waals surface area contributed by atoms with E-state index in [4.69, 9.17) is 0 Å². The van der Waals surface area contributed by atoms with Gasteiger partial charge in [-0.2, -0.15) is 10.5 Å². The molecule has 5 heteroatoms. The lowest BCUT2D eigenvalue weighted by Gasteiger charge is -2.25. The number of benzene rings is 7. The normalized spacial score (nSPS) is 12.3. The van der Waals surface area contributed by atoms with Crippen LogP contribution >= 0.6 is 0 Å². The van der Waals surface area contributed by atoms with Crippen molar-refractivity contribution in [3.8, 4) is 12.1 Å². The van der Waals surface area contributed by atoms with Gasteiger partial charge >= 0.3 is 0 Å². The Hall–Kier alpha value is -7.34. The van der Waals surface area contributed by atoms with Crippen molar-refractivity contribution in [2.75, 3.05) is 4.90 Å². The first kappa shape index (κ1) is 31.6. The van der Waals surface area contributed by atoms with Gasteiger partial charge < -0.3 is 14.0 Å². The van der Waals surface area contributed by atoms with E-state index in [-0.39, 0.29) is 0 Å². The number of anilines is 3. The lowest BCUT2D eigenvalue weighted by Crippen LogP contribution is -2.10. The van der Waals surface area contributed by atoms with Crippen LogP contribution in [-0.4, -0.2) is 9.13 Å². The van der Waals surface area contributed by atoms with Gasteiger partial charge in [-0.25, -0.2) is 0 Å². The second-order valence-electron chi connectivity index (χ2n) is 13.2.